The summed E-state index contributed by atoms with van der Waals surface area (Å²) in [5.41, 5.74) is 0.663. The van der Waals surface area contributed by atoms with Crippen LogP contribution in [-0.4, -0.2) is 24.8 Å². The molecule has 0 bridgehead atoms. The van der Waals surface area contributed by atoms with E-state index in [1.54, 1.807) is 24.3 Å². The van der Waals surface area contributed by atoms with Crippen molar-refractivity contribution >= 4 is 17.4 Å². The Morgan fingerprint density at radius 2 is 2.00 bits per heavy atom. The number of ketones is 1. The molecular weight excluding hydrogens is 232 g/mol. The normalized spacial score (nSPS) is 16.5. The van der Waals surface area contributed by atoms with Crippen molar-refractivity contribution in [3.63, 3.8) is 0 Å². The summed E-state index contributed by atoms with van der Waals surface area (Å²) in [6.07, 6.45) is 0. The zero-order chi connectivity index (χ0) is 13.0. The Hall–Kier alpha value is -2.30. The molecule has 18 heavy (non-hydrogen) atoms. The smallest absolute Gasteiger partial charge is 0.264 e. The molecule has 0 spiro atoms. The van der Waals surface area contributed by atoms with Crippen LogP contribution < -0.4 is 10.6 Å². The van der Waals surface area contributed by atoms with Crippen LogP contribution >= 0.6 is 0 Å². The minimum atomic E-state index is -0.460. The highest BCUT2D eigenvalue weighted by Crippen LogP contribution is 2.13. The molecule has 0 atom stereocenters. The summed E-state index contributed by atoms with van der Waals surface area (Å²) in [6, 6.07) is 8.97. The number of rotatable bonds is 3. The monoisotopic (exact) mass is 246 g/mol. The number of para-hydroxylation sites is 1. The Morgan fingerprint density at radius 3 is 2.56 bits per heavy atom. The highest BCUT2D eigenvalue weighted by molar-refractivity contribution is 6.23. The van der Waals surface area contributed by atoms with E-state index >= 15 is 0 Å². The van der Waals surface area contributed by atoms with Gasteiger partial charge in [-0.25, -0.2) is 0 Å². The van der Waals surface area contributed by atoms with Crippen LogP contribution in [0.2, 0.25) is 0 Å². The van der Waals surface area contributed by atoms with Crippen molar-refractivity contribution in [1.29, 1.82) is 0 Å². The molecule has 5 nitrogen and oxygen atoms in total. The van der Waals surface area contributed by atoms with Crippen molar-refractivity contribution in [2.24, 2.45) is 0 Å². The molecule has 1 fully saturated rings. The SMILES string of the molecule is CC(=O)/C(C(=O)Nc1ccccc1)=C1\NCCO1. The number of carbonyl (C=O) groups is 2. The molecule has 0 saturated carbocycles. The summed E-state index contributed by atoms with van der Waals surface area (Å²) in [5, 5.41) is 5.54. The lowest BCUT2D eigenvalue weighted by Crippen LogP contribution is -2.24. The second kappa shape index (κ2) is 5.35. The third-order valence-electron chi connectivity index (χ3n) is 2.47. The molecule has 0 unspecified atom stereocenters. The lowest BCUT2D eigenvalue weighted by molar-refractivity contribution is -0.119. The van der Waals surface area contributed by atoms with Gasteiger partial charge in [-0.15, -0.1) is 0 Å². The molecule has 0 aliphatic carbocycles. The second-order valence-corrected chi connectivity index (χ2v) is 3.86. The Balaban J connectivity index is 2.20. The third-order valence-corrected chi connectivity index (χ3v) is 2.47. The Labute approximate surface area is 105 Å². The molecule has 94 valence electrons. The second-order valence-electron chi connectivity index (χ2n) is 3.86. The molecule has 1 saturated heterocycles. The fourth-order valence-electron chi connectivity index (χ4n) is 1.67. The quantitative estimate of drug-likeness (QED) is 0.475. The van der Waals surface area contributed by atoms with Gasteiger partial charge in [0.25, 0.3) is 5.91 Å². The first-order valence-corrected chi connectivity index (χ1v) is 5.67. The van der Waals surface area contributed by atoms with Gasteiger partial charge in [-0.2, -0.15) is 0 Å². The highest BCUT2D eigenvalue weighted by atomic mass is 16.5. The third kappa shape index (κ3) is 2.68. The number of hydrogen-bond donors (Lipinski definition) is 2. The Bertz CT molecular complexity index is 486. The predicted molar refractivity (Wildman–Crippen MR) is 66.7 cm³/mol. The molecule has 2 N–H and O–H groups in total. The molecular formula is C13H14N2O3. The summed E-state index contributed by atoms with van der Waals surface area (Å²) < 4.78 is 5.22. The number of ether oxygens (including phenoxy) is 1. The van der Waals surface area contributed by atoms with Crippen LogP contribution in [0.15, 0.2) is 41.8 Å². The zero-order valence-electron chi connectivity index (χ0n) is 10.0. The fourth-order valence-corrected chi connectivity index (χ4v) is 1.67. The summed E-state index contributed by atoms with van der Waals surface area (Å²) in [6.45, 7) is 2.41. The van der Waals surface area contributed by atoms with Gasteiger partial charge in [0.15, 0.2) is 5.78 Å². The Morgan fingerprint density at radius 1 is 1.28 bits per heavy atom. The van der Waals surface area contributed by atoms with Gasteiger partial charge >= 0.3 is 0 Å². The first kappa shape index (κ1) is 12.2. The van der Waals surface area contributed by atoms with Gasteiger partial charge in [0.1, 0.15) is 12.2 Å². The molecule has 1 aliphatic rings. The molecule has 0 aromatic heterocycles. The summed E-state index contributed by atoms with van der Waals surface area (Å²) >= 11 is 0. The first-order valence-electron chi connectivity index (χ1n) is 5.67. The highest BCUT2D eigenvalue weighted by Gasteiger charge is 2.24. The van der Waals surface area contributed by atoms with E-state index in [0.717, 1.165) is 0 Å². The van der Waals surface area contributed by atoms with E-state index in [1.807, 2.05) is 6.07 Å². The van der Waals surface area contributed by atoms with Crippen LogP contribution in [0.5, 0.6) is 0 Å². The van der Waals surface area contributed by atoms with Gasteiger partial charge in [-0.05, 0) is 19.1 Å². The van der Waals surface area contributed by atoms with Crippen molar-refractivity contribution in [3.8, 4) is 0 Å². The molecule has 1 heterocycles. The topological polar surface area (TPSA) is 67.4 Å². The van der Waals surface area contributed by atoms with E-state index < -0.39 is 5.91 Å². The largest absolute Gasteiger partial charge is 0.477 e. The van der Waals surface area contributed by atoms with Gasteiger partial charge in [-0.3, -0.25) is 9.59 Å². The number of carbonyl (C=O) groups excluding carboxylic acids is 2. The van der Waals surface area contributed by atoms with Crippen LogP contribution in [0.3, 0.4) is 0 Å². The molecule has 1 aromatic rings. The number of amides is 1. The van der Waals surface area contributed by atoms with Crippen LogP contribution in [0.1, 0.15) is 6.92 Å². The number of nitrogens with one attached hydrogen (secondary N) is 2. The maximum atomic E-state index is 12.0. The van der Waals surface area contributed by atoms with E-state index in [2.05, 4.69) is 10.6 Å². The lowest BCUT2D eigenvalue weighted by atomic mass is 10.1. The van der Waals surface area contributed by atoms with Gasteiger partial charge in [0, 0.05) is 5.69 Å². The number of Topliss-reactive ketones (excluding diaryl/α,β-unsaturated/α-hetero) is 1. The average molecular weight is 246 g/mol. The molecule has 1 aromatic carbocycles. The molecule has 0 radical (unpaired) electrons. The van der Waals surface area contributed by atoms with Crippen molar-refractivity contribution in [2.45, 2.75) is 6.92 Å². The molecule has 1 aliphatic heterocycles. The van der Waals surface area contributed by atoms with Crippen LogP contribution in [0, 0.1) is 0 Å². The van der Waals surface area contributed by atoms with Crippen molar-refractivity contribution in [2.75, 3.05) is 18.5 Å². The van der Waals surface area contributed by atoms with Gasteiger partial charge < -0.3 is 15.4 Å². The van der Waals surface area contributed by atoms with Crippen molar-refractivity contribution in [3.05, 3.63) is 41.8 Å². The summed E-state index contributed by atoms with van der Waals surface area (Å²) in [7, 11) is 0. The average Bonchev–Trinajstić information content (AvgIpc) is 2.83. The number of hydrogen-bond acceptors (Lipinski definition) is 4. The van der Waals surface area contributed by atoms with E-state index in [9.17, 15) is 9.59 Å². The van der Waals surface area contributed by atoms with Gasteiger partial charge in [-0.1, -0.05) is 18.2 Å². The van der Waals surface area contributed by atoms with Gasteiger partial charge in [0.05, 0.1) is 6.54 Å². The minimum Gasteiger partial charge on any atom is -0.477 e. The maximum absolute atomic E-state index is 12.0. The molecule has 5 heteroatoms. The predicted octanol–water partition coefficient (Wildman–Crippen LogP) is 1.05. The van der Waals surface area contributed by atoms with E-state index in [0.29, 0.717) is 18.8 Å². The fraction of sp³-hybridized carbons (Fsp3) is 0.231. The molecule has 2 rings (SSSR count). The molecule has 1 amide bonds. The van der Waals surface area contributed by atoms with E-state index in [1.165, 1.54) is 6.92 Å². The standard InChI is InChI=1S/C13H14N2O3/c1-9(16)11(13-14-7-8-18-13)12(17)15-10-5-3-2-4-6-10/h2-6,14H,7-8H2,1H3,(H,15,17)/b13-11-. The van der Waals surface area contributed by atoms with E-state index in [-0.39, 0.29) is 17.2 Å². The first-order chi connectivity index (χ1) is 8.68. The van der Waals surface area contributed by atoms with Crippen LogP contribution in [0.25, 0.3) is 0 Å². The van der Waals surface area contributed by atoms with Gasteiger partial charge in [0.2, 0.25) is 5.88 Å². The number of benzene rings is 1. The van der Waals surface area contributed by atoms with Crippen LogP contribution in [0.4, 0.5) is 5.69 Å². The zero-order valence-corrected chi connectivity index (χ0v) is 10.0. The lowest BCUT2D eigenvalue weighted by Gasteiger charge is -2.09. The summed E-state index contributed by atoms with van der Waals surface area (Å²) in [4.78, 5) is 23.6. The van der Waals surface area contributed by atoms with Crippen LogP contribution in [-0.2, 0) is 14.3 Å². The number of anilines is 1. The minimum absolute atomic E-state index is 0.0244. The maximum Gasteiger partial charge on any atom is 0.264 e. The van der Waals surface area contributed by atoms with Crippen molar-refractivity contribution in [1.82, 2.24) is 5.32 Å². The van der Waals surface area contributed by atoms with Crippen molar-refractivity contribution < 1.29 is 14.3 Å². The summed E-state index contributed by atoms with van der Waals surface area (Å²) in [5.74, 6) is -0.526. The Kier molecular flexibility index (Phi) is 3.62. The van der Waals surface area contributed by atoms with E-state index in [4.69, 9.17) is 4.74 Å².